The maximum absolute atomic E-state index is 12.9. The number of rotatable bonds is 5. The Morgan fingerprint density at radius 2 is 2.00 bits per heavy atom. The summed E-state index contributed by atoms with van der Waals surface area (Å²) in [5.41, 5.74) is 1.19. The molecule has 2 aromatic rings. The number of aromatic nitrogens is 1. The third-order valence-corrected chi connectivity index (χ3v) is 6.87. The second-order valence-electron chi connectivity index (χ2n) is 8.68. The lowest BCUT2D eigenvalue weighted by molar-refractivity contribution is -0.137. The zero-order valence-electron chi connectivity index (χ0n) is 18.0. The van der Waals surface area contributed by atoms with Crippen molar-refractivity contribution in [3.8, 4) is 5.75 Å². The van der Waals surface area contributed by atoms with E-state index in [0.717, 1.165) is 43.3 Å². The Labute approximate surface area is 192 Å². The van der Waals surface area contributed by atoms with Crippen molar-refractivity contribution in [3.05, 3.63) is 44.3 Å². The first-order chi connectivity index (χ1) is 14.1. The molecule has 30 heavy (non-hydrogen) atoms. The predicted octanol–water partition coefficient (Wildman–Crippen LogP) is 5.25. The topological polar surface area (TPSA) is 45.7 Å². The number of thiazole rings is 1. The molecular weight excluding hydrogens is 441 g/mol. The Morgan fingerprint density at radius 3 is 2.67 bits per heavy atom. The molecule has 1 unspecified atom stereocenters. The minimum absolute atomic E-state index is 0.0217. The number of benzene rings is 1. The van der Waals surface area contributed by atoms with Gasteiger partial charge in [-0.05, 0) is 31.5 Å². The molecule has 0 bridgehead atoms. The molecular formula is C22H29Cl2N3O2S. The number of halogens is 2. The molecule has 1 aromatic carbocycles. The van der Waals surface area contributed by atoms with E-state index in [1.54, 1.807) is 36.5 Å². The highest BCUT2D eigenvalue weighted by Gasteiger charge is 2.26. The van der Waals surface area contributed by atoms with Crippen molar-refractivity contribution in [3.63, 3.8) is 0 Å². The number of nitrogens with zero attached hydrogens (tertiary/aromatic N) is 3. The Bertz CT molecular complexity index is 882. The maximum atomic E-state index is 12.9. The van der Waals surface area contributed by atoms with Gasteiger partial charge in [-0.25, -0.2) is 4.98 Å². The first kappa shape index (κ1) is 23.3. The van der Waals surface area contributed by atoms with Crippen LogP contribution in [0.4, 0.5) is 0 Å². The normalized spacial score (nSPS) is 16.9. The molecule has 164 valence electrons. The van der Waals surface area contributed by atoms with Crippen LogP contribution in [0.3, 0.4) is 0 Å². The van der Waals surface area contributed by atoms with Crippen LogP contribution in [0.15, 0.2) is 23.6 Å². The highest BCUT2D eigenvalue weighted by molar-refractivity contribution is 7.09. The van der Waals surface area contributed by atoms with Crippen molar-refractivity contribution in [1.29, 1.82) is 0 Å². The fraction of sp³-hybridized carbons (Fsp3) is 0.545. The maximum Gasteiger partial charge on any atom is 0.263 e. The minimum atomic E-state index is -0.608. The molecule has 0 aliphatic carbocycles. The lowest BCUT2D eigenvalue weighted by Gasteiger charge is -2.25. The highest BCUT2D eigenvalue weighted by Crippen LogP contribution is 2.29. The van der Waals surface area contributed by atoms with Crippen molar-refractivity contribution < 1.29 is 9.53 Å². The molecule has 8 heteroatoms. The molecule has 1 aliphatic heterocycles. The first-order valence-electron chi connectivity index (χ1n) is 10.2. The number of amides is 1. The van der Waals surface area contributed by atoms with E-state index < -0.39 is 6.10 Å². The summed E-state index contributed by atoms with van der Waals surface area (Å²) >= 11 is 13.8. The summed E-state index contributed by atoms with van der Waals surface area (Å²) in [5.74, 6) is 0.447. The predicted molar refractivity (Wildman–Crippen MR) is 124 cm³/mol. The van der Waals surface area contributed by atoms with E-state index in [1.165, 1.54) is 0 Å². The van der Waals surface area contributed by atoms with E-state index in [0.29, 0.717) is 22.3 Å². The van der Waals surface area contributed by atoms with Crippen molar-refractivity contribution >= 4 is 40.4 Å². The van der Waals surface area contributed by atoms with Gasteiger partial charge in [0.05, 0.1) is 15.7 Å². The van der Waals surface area contributed by atoms with Crippen LogP contribution in [0.25, 0.3) is 0 Å². The molecule has 0 N–H and O–H groups in total. The number of hydrogen-bond donors (Lipinski definition) is 0. The molecule has 0 radical (unpaired) electrons. The van der Waals surface area contributed by atoms with Crippen LogP contribution in [-0.4, -0.2) is 53.0 Å². The lowest BCUT2D eigenvalue weighted by Crippen LogP contribution is -2.42. The van der Waals surface area contributed by atoms with Gasteiger partial charge in [-0.2, -0.15) is 0 Å². The van der Waals surface area contributed by atoms with Crippen LogP contribution in [0.2, 0.25) is 10.0 Å². The Kier molecular flexibility index (Phi) is 7.66. The van der Waals surface area contributed by atoms with Crippen LogP contribution in [0.1, 0.15) is 44.8 Å². The summed E-state index contributed by atoms with van der Waals surface area (Å²) in [7, 11) is 0. The second kappa shape index (κ2) is 9.86. The Balaban J connectivity index is 1.55. The fourth-order valence-electron chi connectivity index (χ4n) is 3.37. The standard InChI is InChI=1S/C22H29Cl2N3O2S/c1-15(29-19-7-6-16(23)12-18(19)24)20(28)27-9-5-8-26(10-11-27)13-17-14-30-21(25-17)22(2,3)4/h6-7,12,14-15H,5,8-11,13H2,1-4H3. The van der Waals surface area contributed by atoms with Crippen molar-refractivity contribution in [1.82, 2.24) is 14.8 Å². The molecule has 1 fully saturated rings. The van der Waals surface area contributed by atoms with Gasteiger partial charge < -0.3 is 9.64 Å². The van der Waals surface area contributed by atoms with E-state index >= 15 is 0 Å². The van der Waals surface area contributed by atoms with E-state index in [1.807, 2.05) is 4.90 Å². The summed E-state index contributed by atoms with van der Waals surface area (Å²) in [6, 6.07) is 5.01. The quantitative estimate of drug-likeness (QED) is 0.599. The number of carbonyl (C=O) groups excluding carboxylic acids is 1. The van der Waals surface area contributed by atoms with Gasteiger partial charge in [-0.3, -0.25) is 9.69 Å². The van der Waals surface area contributed by atoms with E-state index in [4.69, 9.17) is 32.9 Å². The highest BCUT2D eigenvalue weighted by atomic mass is 35.5. The molecule has 2 heterocycles. The Hall–Kier alpha value is -1.34. The third kappa shape index (κ3) is 6.10. The van der Waals surface area contributed by atoms with Crippen LogP contribution < -0.4 is 4.74 Å². The molecule has 0 spiro atoms. The van der Waals surface area contributed by atoms with Crippen molar-refractivity contribution in [2.45, 2.75) is 52.2 Å². The average molecular weight is 470 g/mol. The number of hydrogen-bond acceptors (Lipinski definition) is 5. The zero-order chi connectivity index (χ0) is 21.9. The van der Waals surface area contributed by atoms with E-state index in [-0.39, 0.29) is 11.3 Å². The van der Waals surface area contributed by atoms with Crippen LogP contribution in [0, 0.1) is 0 Å². The molecule has 1 atom stereocenters. The zero-order valence-corrected chi connectivity index (χ0v) is 20.3. The SMILES string of the molecule is CC(Oc1ccc(Cl)cc1Cl)C(=O)N1CCCN(Cc2csc(C(C)(C)C)n2)CC1. The van der Waals surface area contributed by atoms with Crippen molar-refractivity contribution in [2.75, 3.05) is 26.2 Å². The molecule has 3 rings (SSSR count). The van der Waals surface area contributed by atoms with Gasteiger partial charge in [0.1, 0.15) is 5.75 Å². The van der Waals surface area contributed by atoms with Crippen molar-refractivity contribution in [2.24, 2.45) is 0 Å². The first-order valence-corrected chi connectivity index (χ1v) is 11.8. The molecule has 1 amide bonds. The van der Waals surface area contributed by atoms with Gasteiger partial charge in [0.25, 0.3) is 5.91 Å². The average Bonchev–Trinajstić information content (AvgIpc) is 3.02. The van der Waals surface area contributed by atoms with Gasteiger partial charge >= 0.3 is 0 Å². The molecule has 5 nitrogen and oxygen atoms in total. The van der Waals surface area contributed by atoms with Gasteiger partial charge in [-0.15, -0.1) is 11.3 Å². The van der Waals surface area contributed by atoms with Gasteiger partial charge in [-0.1, -0.05) is 44.0 Å². The van der Waals surface area contributed by atoms with Crippen LogP contribution in [-0.2, 0) is 16.8 Å². The number of ether oxygens (including phenoxy) is 1. The van der Waals surface area contributed by atoms with Gasteiger partial charge in [0, 0.05) is 48.5 Å². The monoisotopic (exact) mass is 469 g/mol. The lowest BCUT2D eigenvalue weighted by atomic mass is 9.98. The summed E-state index contributed by atoms with van der Waals surface area (Å²) in [4.78, 5) is 22.0. The third-order valence-electron chi connectivity index (χ3n) is 5.02. The molecule has 0 saturated carbocycles. The summed E-state index contributed by atoms with van der Waals surface area (Å²) < 4.78 is 5.81. The van der Waals surface area contributed by atoms with E-state index in [9.17, 15) is 4.79 Å². The fourth-order valence-corrected chi connectivity index (χ4v) is 4.72. The molecule has 1 aromatic heterocycles. The van der Waals surface area contributed by atoms with Gasteiger partial charge in [0.2, 0.25) is 0 Å². The molecule has 1 saturated heterocycles. The smallest absolute Gasteiger partial charge is 0.263 e. The Morgan fingerprint density at radius 1 is 1.23 bits per heavy atom. The van der Waals surface area contributed by atoms with Gasteiger partial charge in [0.15, 0.2) is 6.10 Å². The summed E-state index contributed by atoms with van der Waals surface area (Å²) in [6.07, 6.45) is 0.319. The summed E-state index contributed by atoms with van der Waals surface area (Å²) in [6.45, 7) is 12.3. The molecule has 1 aliphatic rings. The van der Waals surface area contributed by atoms with Crippen LogP contribution in [0.5, 0.6) is 5.75 Å². The minimum Gasteiger partial charge on any atom is -0.479 e. The van der Waals surface area contributed by atoms with E-state index in [2.05, 4.69) is 31.1 Å². The second-order valence-corrected chi connectivity index (χ2v) is 10.4. The number of carbonyl (C=O) groups is 1. The largest absolute Gasteiger partial charge is 0.479 e. The summed E-state index contributed by atoms with van der Waals surface area (Å²) in [5, 5.41) is 4.26. The van der Waals surface area contributed by atoms with Crippen LogP contribution >= 0.6 is 34.5 Å².